The van der Waals surface area contributed by atoms with E-state index in [1.165, 1.54) is 84.2 Å². The number of aliphatic hydroxyl groups is 1. The van der Waals surface area contributed by atoms with Crippen LogP contribution in [-0.2, 0) is 23.7 Å². The fourth-order valence-electron chi connectivity index (χ4n) is 10.4. The molecule has 12 heteroatoms. The van der Waals surface area contributed by atoms with Crippen LogP contribution < -0.4 is 5.32 Å². The van der Waals surface area contributed by atoms with Gasteiger partial charge in [-0.3, -0.25) is 14.7 Å². The Morgan fingerprint density at radius 1 is 0.583 bits per heavy atom. The van der Waals surface area contributed by atoms with Crippen LogP contribution >= 0.6 is 0 Å². The third kappa shape index (κ3) is 19.7. The van der Waals surface area contributed by atoms with Gasteiger partial charge in [0.05, 0.1) is 64.6 Å². The predicted octanol–water partition coefficient (Wildman–Crippen LogP) is 4.64. The number of rotatable bonds is 18. The number of hydrogen-bond acceptors (Lipinski definition) is 12. The molecule has 5 aliphatic heterocycles. The third-order valence-electron chi connectivity index (χ3n) is 14.6. The van der Waals surface area contributed by atoms with Crippen molar-refractivity contribution in [3.8, 4) is 0 Å². The molecule has 2 N–H and O–H groups in total. The van der Waals surface area contributed by atoms with Gasteiger partial charge in [-0.2, -0.15) is 0 Å². The summed E-state index contributed by atoms with van der Waals surface area (Å²) in [5.41, 5.74) is 0. The number of nitrogens with one attached hydrogen (secondary N) is 1. The smallest absolute Gasteiger partial charge is 0.104 e. The molecule has 0 spiro atoms. The average Bonchev–Trinajstić information content (AvgIpc) is 4.09. The maximum atomic E-state index is 10.6. The Morgan fingerprint density at radius 3 is 1.48 bits per heavy atom. The SMILES string of the molecule is C(CN1CCNCC1)CN1CCOCC1.CC1CCC(C(C)C)C(OCC(O)CN2CCN(CCCN3CCOCC3)CC2)C1.CC1CCC(C(C)C)C(OCC2CO2)C1. The van der Waals surface area contributed by atoms with Crippen LogP contribution in [-0.4, -0.2) is 212 Å². The van der Waals surface area contributed by atoms with E-state index in [1.54, 1.807) is 0 Å². The summed E-state index contributed by atoms with van der Waals surface area (Å²) >= 11 is 0. The molecule has 2 saturated carbocycles. The second-order valence-corrected chi connectivity index (χ2v) is 20.4. The summed E-state index contributed by atoms with van der Waals surface area (Å²) in [6.07, 6.45) is 11.1. The van der Waals surface area contributed by atoms with Crippen LogP contribution in [0.25, 0.3) is 0 Å². The number of epoxide rings is 1. The zero-order valence-corrected chi connectivity index (χ0v) is 39.6. The highest BCUT2D eigenvalue weighted by Gasteiger charge is 2.34. The lowest BCUT2D eigenvalue weighted by Gasteiger charge is -2.38. The van der Waals surface area contributed by atoms with Gasteiger partial charge in [0, 0.05) is 85.1 Å². The number of β-amino-alcohol motifs (C(OH)–C–C–N with tert-alkyl or cyclic N) is 1. The van der Waals surface area contributed by atoms with E-state index >= 15 is 0 Å². The fraction of sp³-hybridized carbons (Fsp3) is 1.00. The van der Waals surface area contributed by atoms with Crippen molar-refractivity contribution in [1.29, 1.82) is 0 Å². The van der Waals surface area contributed by atoms with E-state index in [-0.39, 0.29) is 6.10 Å². The van der Waals surface area contributed by atoms with Crippen molar-refractivity contribution in [2.45, 2.75) is 117 Å². The molecule has 12 nitrogen and oxygen atoms in total. The molecule has 5 saturated heterocycles. The summed E-state index contributed by atoms with van der Waals surface area (Å²) in [5, 5.41) is 14.0. The largest absolute Gasteiger partial charge is 0.389 e. The van der Waals surface area contributed by atoms with Crippen LogP contribution in [0.3, 0.4) is 0 Å². The Labute approximate surface area is 368 Å². The first kappa shape index (κ1) is 50.5. The van der Waals surface area contributed by atoms with Gasteiger partial charge in [-0.1, -0.05) is 54.4 Å². The van der Waals surface area contributed by atoms with Crippen molar-refractivity contribution in [3.05, 3.63) is 0 Å². The van der Waals surface area contributed by atoms with Crippen molar-refractivity contribution in [2.75, 3.05) is 158 Å². The van der Waals surface area contributed by atoms with E-state index in [0.717, 1.165) is 142 Å². The zero-order valence-electron chi connectivity index (χ0n) is 39.6. The van der Waals surface area contributed by atoms with E-state index in [2.05, 4.69) is 71.4 Å². The monoisotopic (exact) mass is 851 g/mol. The molecule has 0 aromatic carbocycles. The topological polar surface area (TPSA) is 97.9 Å². The first-order valence-corrected chi connectivity index (χ1v) is 25.1. The van der Waals surface area contributed by atoms with Crippen molar-refractivity contribution >= 4 is 0 Å². The lowest BCUT2D eigenvalue weighted by atomic mass is 9.75. The highest BCUT2D eigenvalue weighted by atomic mass is 16.6. The van der Waals surface area contributed by atoms with Gasteiger partial charge in [0.2, 0.25) is 0 Å². The average molecular weight is 851 g/mol. The van der Waals surface area contributed by atoms with Crippen LogP contribution in [0.2, 0.25) is 0 Å². The molecule has 0 aromatic heterocycles. The van der Waals surface area contributed by atoms with Crippen molar-refractivity contribution in [3.63, 3.8) is 0 Å². The Morgan fingerprint density at radius 2 is 1.02 bits per heavy atom. The molecule has 8 unspecified atom stereocenters. The van der Waals surface area contributed by atoms with Gasteiger partial charge < -0.3 is 43.9 Å². The van der Waals surface area contributed by atoms with Gasteiger partial charge in [-0.05, 0) is 100 Å². The summed E-state index contributed by atoms with van der Waals surface area (Å²) in [6.45, 7) is 39.0. The Hall–Kier alpha value is -0.480. The van der Waals surface area contributed by atoms with E-state index < -0.39 is 0 Å². The van der Waals surface area contributed by atoms with E-state index in [9.17, 15) is 5.11 Å². The van der Waals surface area contributed by atoms with E-state index in [1.807, 2.05) is 0 Å². The van der Waals surface area contributed by atoms with Gasteiger partial charge >= 0.3 is 0 Å². The number of piperazine rings is 2. The normalized spacial score (nSPS) is 32.2. The fourth-order valence-corrected chi connectivity index (χ4v) is 10.4. The van der Waals surface area contributed by atoms with Gasteiger partial charge in [-0.25, -0.2) is 0 Å². The highest BCUT2D eigenvalue weighted by Crippen LogP contribution is 2.36. The number of morpholine rings is 2. The Balaban J connectivity index is 0.000000190. The minimum atomic E-state index is -0.372. The van der Waals surface area contributed by atoms with Crippen LogP contribution in [0.5, 0.6) is 0 Å². The number of aliphatic hydroxyl groups excluding tert-OH is 1. The van der Waals surface area contributed by atoms with E-state index in [0.29, 0.717) is 36.8 Å². The predicted molar refractivity (Wildman–Crippen MR) is 244 cm³/mol. The summed E-state index contributed by atoms with van der Waals surface area (Å²) in [4.78, 5) is 12.6. The van der Waals surface area contributed by atoms with Gasteiger partial charge in [0.1, 0.15) is 6.10 Å². The quantitative estimate of drug-likeness (QED) is 0.188. The zero-order chi connectivity index (χ0) is 42.5. The molecule has 0 radical (unpaired) electrons. The van der Waals surface area contributed by atoms with Crippen LogP contribution in [0, 0.1) is 35.5 Å². The molecule has 60 heavy (non-hydrogen) atoms. The standard InChI is InChI=1S/C24H47N3O3.C13H24O2.C11H23N3O/c1-20(2)23-6-5-21(3)17-24(23)30-19-22(28)18-27-11-9-25(10-12-27)7-4-8-26-13-15-29-16-14-26;1-9(2)12-5-4-10(3)6-13(12)15-8-11-7-14-11;1(4-13-6-2-12-3-7-13)5-14-8-10-15-11-9-14/h20-24,28H,4-19H2,1-3H3;9-13H,4-8H2,1-3H3;12H,1-11H2. The summed E-state index contributed by atoms with van der Waals surface area (Å²) < 4.78 is 28.2. The lowest BCUT2D eigenvalue weighted by molar-refractivity contribution is -0.0754. The lowest BCUT2D eigenvalue weighted by Crippen LogP contribution is -2.49. The molecule has 5 heterocycles. The number of ether oxygens (including phenoxy) is 5. The second-order valence-electron chi connectivity index (χ2n) is 20.4. The minimum Gasteiger partial charge on any atom is -0.389 e. The number of nitrogens with zero attached hydrogens (tertiary/aromatic N) is 5. The van der Waals surface area contributed by atoms with Crippen LogP contribution in [0.4, 0.5) is 0 Å². The Bertz CT molecular complexity index is 1060. The van der Waals surface area contributed by atoms with Gasteiger partial charge in [0.25, 0.3) is 0 Å². The molecule has 2 aliphatic carbocycles. The molecule has 352 valence electrons. The molecule has 0 aromatic rings. The van der Waals surface area contributed by atoms with Gasteiger partial charge in [0.15, 0.2) is 0 Å². The van der Waals surface area contributed by atoms with Crippen LogP contribution in [0.15, 0.2) is 0 Å². The second kappa shape index (κ2) is 28.4. The molecule has 7 aliphatic rings. The van der Waals surface area contributed by atoms with Gasteiger partial charge in [-0.15, -0.1) is 0 Å². The highest BCUT2D eigenvalue weighted by molar-refractivity contribution is 4.84. The third-order valence-corrected chi connectivity index (χ3v) is 14.6. The van der Waals surface area contributed by atoms with Crippen molar-refractivity contribution < 1.29 is 28.8 Å². The number of hydrogen-bond donors (Lipinski definition) is 2. The first-order valence-electron chi connectivity index (χ1n) is 25.1. The Kier molecular flexibility index (Phi) is 23.9. The maximum Gasteiger partial charge on any atom is 0.104 e. The molecular weight excluding hydrogens is 757 g/mol. The summed E-state index contributed by atoms with van der Waals surface area (Å²) in [5.74, 6) is 4.41. The van der Waals surface area contributed by atoms with Crippen molar-refractivity contribution in [1.82, 2.24) is 29.8 Å². The molecular formula is C48H94N6O6. The summed E-state index contributed by atoms with van der Waals surface area (Å²) in [7, 11) is 0. The minimum absolute atomic E-state index is 0.326. The first-order chi connectivity index (χ1) is 29.1. The van der Waals surface area contributed by atoms with Crippen LogP contribution in [0.1, 0.15) is 92.9 Å². The molecule has 0 amide bonds. The molecule has 7 rings (SSSR count). The maximum absolute atomic E-state index is 10.6. The summed E-state index contributed by atoms with van der Waals surface area (Å²) in [6, 6.07) is 0. The van der Waals surface area contributed by atoms with E-state index in [4.69, 9.17) is 23.7 Å². The molecule has 8 atom stereocenters. The molecule has 0 bridgehead atoms. The molecule has 7 fully saturated rings. The van der Waals surface area contributed by atoms with Crippen molar-refractivity contribution in [2.24, 2.45) is 35.5 Å².